The van der Waals surface area contributed by atoms with Crippen LogP contribution in [0.3, 0.4) is 0 Å². The summed E-state index contributed by atoms with van der Waals surface area (Å²) >= 11 is 2.73. The molecule has 0 bridgehead atoms. The van der Waals surface area contributed by atoms with E-state index in [1.54, 1.807) is 36.4 Å². The lowest BCUT2D eigenvalue weighted by molar-refractivity contribution is -0.132. The molecule has 1 amide bonds. The fourth-order valence-electron chi connectivity index (χ4n) is 6.12. The lowest BCUT2D eigenvalue weighted by Crippen LogP contribution is -2.29. The minimum absolute atomic E-state index is 0.0768. The lowest BCUT2D eigenvalue weighted by Gasteiger charge is -2.23. The van der Waals surface area contributed by atoms with E-state index in [2.05, 4.69) is 34.5 Å². The number of nitrogens with zero attached hydrogens (tertiary/aromatic N) is 3. The Balaban J connectivity index is 1.15. The average molecular weight is 700 g/mol. The van der Waals surface area contributed by atoms with E-state index in [0.29, 0.717) is 58.3 Å². The maximum atomic E-state index is 13.9. The molecule has 50 heavy (non-hydrogen) atoms. The number of carbonyl (C=O) groups is 2. The Morgan fingerprint density at radius 3 is 2.52 bits per heavy atom. The van der Waals surface area contributed by atoms with Crippen molar-refractivity contribution in [3.8, 4) is 17.2 Å². The first-order valence-electron chi connectivity index (χ1n) is 15.9. The van der Waals surface area contributed by atoms with Crippen LogP contribution in [0.5, 0.6) is 17.2 Å². The van der Waals surface area contributed by atoms with E-state index in [0.717, 1.165) is 21.9 Å². The summed E-state index contributed by atoms with van der Waals surface area (Å²) in [5, 5.41) is 23.1. The Morgan fingerprint density at radius 1 is 0.860 bits per heavy atom. The van der Waals surface area contributed by atoms with Crippen LogP contribution in [-0.4, -0.2) is 40.2 Å². The van der Waals surface area contributed by atoms with E-state index in [9.17, 15) is 14.7 Å². The molecule has 6 aromatic rings. The fourth-order valence-corrected chi connectivity index (χ4v) is 7.99. The van der Waals surface area contributed by atoms with Crippen LogP contribution in [0.1, 0.15) is 28.3 Å². The molecule has 0 spiro atoms. The van der Waals surface area contributed by atoms with Crippen LogP contribution in [0.2, 0.25) is 0 Å². The number of hydrogen-bond acceptors (Lipinski definition) is 10. The molecule has 0 saturated carbocycles. The zero-order chi connectivity index (χ0) is 34.0. The Morgan fingerprint density at radius 2 is 1.64 bits per heavy atom. The molecule has 0 radical (unpaired) electrons. The van der Waals surface area contributed by atoms with Gasteiger partial charge in [0.25, 0.3) is 5.78 Å². The molecule has 1 atom stereocenters. The quantitative estimate of drug-likeness (QED) is 0.0528. The number of aromatic nitrogens is 2. The SMILES string of the molecule is O=C1C(=O)N(c2nnc(SCc3cccc4ccccc34)s2)[C@H](c2cccc(OCc3ccccc3)c2)C1=C(O)c1ccc2c(c1)OCCO2. The van der Waals surface area contributed by atoms with Crippen LogP contribution in [0.4, 0.5) is 5.13 Å². The second-order valence-corrected chi connectivity index (χ2v) is 13.8. The molecule has 3 heterocycles. The van der Waals surface area contributed by atoms with Crippen LogP contribution < -0.4 is 19.1 Å². The zero-order valence-corrected chi connectivity index (χ0v) is 28.2. The predicted octanol–water partition coefficient (Wildman–Crippen LogP) is 7.96. The first kappa shape index (κ1) is 31.6. The van der Waals surface area contributed by atoms with Gasteiger partial charge in [0.05, 0.1) is 11.6 Å². The number of hydrogen-bond donors (Lipinski definition) is 1. The maximum Gasteiger partial charge on any atom is 0.301 e. The average Bonchev–Trinajstić information content (AvgIpc) is 3.74. The van der Waals surface area contributed by atoms with Crippen LogP contribution in [0, 0.1) is 0 Å². The summed E-state index contributed by atoms with van der Waals surface area (Å²) in [6.45, 7) is 1.10. The van der Waals surface area contributed by atoms with Gasteiger partial charge in [-0.1, -0.05) is 108 Å². The van der Waals surface area contributed by atoms with Crippen molar-refractivity contribution in [2.45, 2.75) is 22.7 Å². The van der Waals surface area contributed by atoms with E-state index in [4.69, 9.17) is 14.2 Å². The predicted molar refractivity (Wildman–Crippen MR) is 193 cm³/mol. The van der Waals surface area contributed by atoms with Crippen molar-refractivity contribution in [3.05, 3.63) is 143 Å². The van der Waals surface area contributed by atoms with Crippen molar-refractivity contribution >= 4 is 56.5 Å². The summed E-state index contributed by atoms with van der Waals surface area (Å²) in [7, 11) is 0. The number of rotatable bonds is 9. The molecular weight excluding hydrogens is 671 g/mol. The van der Waals surface area contributed by atoms with Crippen LogP contribution in [0.15, 0.2) is 125 Å². The van der Waals surface area contributed by atoms with Gasteiger partial charge in [-0.3, -0.25) is 14.5 Å². The van der Waals surface area contributed by atoms with E-state index < -0.39 is 17.7 Å². The third-order valence-electron chi connectivity index (χ3n) is 8.52. The highest BCUT2D eigenvalue weighted by molar-refractivity contribution is 8.00. The number of aliphatic hydroxyl groups is 1. The molecule has 1 saturated heterocycles. The molecule has 1 fully saturated rings. The first-order chi connectivity index (χ1) is 24.5. The summed E-state index contributed by atoms with van der Waals surface area (Å²) in [4.78, 5) is 29.1. The fraction of sp³-hybridized carbons (Fsp3) is 0.128. The van der Waals surface area contributed by atoms with Gasteiger partial charge >= 0.3 is 5.91 Å². The first-order valence-corrected chi connectivity index (χ1v) is 17.7. The van der Waals surface area contributed by atoms with Crippen LogP contribution >= 0.6 is 23.1 Å². The Kier molecular flexibility index (Phi) is 8.66. The minimum Gasteiger partial charge on any atom is -0.507 e. The van der Waals surface area contributed by atoms with Gasteiger partial charge < -0.3 is 19.3 Å². The van der Waals surface area contributed by atoms with Gasteiger partial charge in [-0.2, -0.15) is 0 Å². The zero-order valence-electron chi connectivity index (χ0n) is 26.5. The van der Waals surface area contributed by atoms with Crippen molar-refractivity contribution in [1.82, 2.24) is 10.2 Å². The molecule has 0 unspecified atom stereocenters. The Hall–Kier alpha value is -5.65. The summed E-state index contributed by atoms with van der Waals surface area (Å²) in [5.74, 6) is 0.182. The van der Waals surface area contributed by atoms with E-state index in [1.165, 1.54) is 28.0 Å². The van der Waals surface area contributed by atoms with Crippen molar-refractivity contribution in [2.75, 3.05) is 18.1 Å². The van der Waals surface area contributed by atoms with Gasteiger partial charge in [0.2, 0.25) is 5.13 Å². The van der Waals surface area contributed by atoms with Crippen LogP contribution in [0.25, 0.3) is 16.5 Å². The Labute approximate surface area is 295 Å². The van der Waals surface area contributed by atoms with Gasteiger partial charge in [-0.15, -0.1) is 10.2 Å². The molecule has 8 rings (SSSR count). The summed E-state index contributed by atoms with van der Waals surface area (Å²) in [6, 6.07) is 35.3. The molecule has 11 heteroatoms. The highest BCUT2D eigenvalue weighted by atomic mass is 32.2. The van der Waals surface area contributed by atoms with Crippen molar-refractivity contribution in [2.24, 2.45) is 0 Å². The molecule has 2 aliphatic heterocycles. The summed E-state index contributed by atoms with van der Waals surface area (Å²) < 4.78 is 18.1. The number of aliphatic hydroxyl groups excluding tert-OH is 1. The van der Waals surface area contributed by atoms with Gasteiger partial charge in [-0.05, 0) is 57.8 Å². The number of Topliss-reactive ketones (excluding diaryl/α,β-unsaturated/α-hetero) is 1. The number of fused-ring (bicyclic) bond motifs is 2. The molecule has 248 valence electrons. The lowest BCUT2D eigenvalue weighted by atomic mass is 9.95. The van der Waals surface area contributed by atoms with Crippen molar-refractivity contribution in [3.63, 3.8) is 0 Å². The van der Waals surface area contributed by atoms with E-state index in [-0.39, 0.29) is 16.5 Å². The number of ether oxygens (including phenoxy) is 3. The molecule has 9 nitrogen and oxygen atoms in total. The number of carbonyl (C=O) groups excluding carboxylic acids is 2. The molecule has 2 aliphatic rings. The van der Waals surface area contributed by atoms with Gasteiger partial charge in [0, 0.05) is 11.3 Å². The third-order valence-corrected chi connectivity index (χ3v) is 10.6. The number of anilines is 1. The standard InChI is InChI=1S/C39H29N3O6S2/c43-35(27-16-17-31-32(21-27)47-19-18-46-31)33-34(26-12-7-14-29(20-26)48-22-24-8-2-1-3-9-24)42(37(45)36(33)44)38-40-41-39(50-38)49-23-28-13-6-11-25-10-4-5-15-30(25)28/h1-17,20-21,34,43H,18-19,22-23H2/t34-/m1/s1. The van der Waals surface area contributed by atoms with Gasteiger partial charge in [0.1, 0.15) is 31.3 Å². The highest BCUT2D eigenvalue weighted by Crippen LogP contribution is 2.45. The van der Waals surface area contributed by atoms with E-state index >= 15 is 0 Å². The largest absolute Gasteiger partial charge is 0.507 e. The number of amides is 1. The van der Waals surface area contributed by atoms with Crippen molar-refractivity contribution in [1.29, 1.82) is 0 Å². The number of ketones is 1. The monoisotopic (exact) mass is 699 g/mol. The summed E-state index contributed by atoms with van der Waals surface area (Å²) in [5.41, 5.74) is 2.94. The molecule has 1 N–H and O–H groups in total. The second-order valence-electron chi connectivity index (χ2n) is 11.7. The molecule has 1 aromatic heterocycles. The van der Waals surface area contributed by atoms with E-state index in [1.807, 2.05) is 54.6 Å². The smallest absolute Gasteiger partial charge is 0.301 e. The Bertz CT molecular complexity index is 2270. The van der Waals surface area contributed by atoms with Crippen molar-refractivity contribution < 1.29 is 28.9 Å². The number of thioether (sulfide) groups is 1. The molecular formula is C39H29N3O6S2. The molecule has 5 aromatic carbocycles. The minimum atomic E-state index is -1.01. The molecule has 0 aliphatic carbocycles. The summed E-state index contributed by atoms with van der Waals surface area (Å²) in [6.07, 6.45) is 0. The van der Waals surface area contributed by atoms with Gasteiger partial charge in [-0.25, -0.2) is 0 Å². The second kappa shape index (κ2) is 13.7. The van der Waals surface area contributed by atoms with Gasteiger partial charge in [0.15, 0.2) is 15.8 Å². The number of benzene rings is 5. The topological polar surface area (TPSA) is 111 Å². The highest BCUT2D eigenvalue weighted by Gasteiger charge is 2.48. The maximum absolute atomic E-state index is 13.9. The van der Waals surface area contributed by atoms with Crippen LogP contribution in [-0.2, 0) is 21.9 Å². The third kappa shape index (κ3) is 6.17. The normalized spacial score (nSPS) is 16.6.